The summed E-state index contributed by atoms with van der Waals surface area (Å²) in [5, 5.41) is 5.03. The zero-order chi connectivity index (χ0) is 27.2. The van der Waals surface area contributed by atoms with Crippen molar-refractivity contribution in [2.75, 3.05) is 0 Å². The summed E-state index contributed by atoms with van der Waals surface area (Å²) in [4.78, 5) is 4.90. The van der Waals surface area contributed by atoms with Gasteiger partial charge in [-0.25, -0.2) is 0 Å². The molecule has 7 aromatic carbocycles. The number of para-hydroxylation sites is 3. The van der Waals surface area contributed by atoms with E-state index in [4.69, 9.17) is 4.99 Å². The van der Waals surface area contributed by atoms with Crippen LogP contribution in [-0.2, 0) is 0 Å². The molecule has 0 saturated carbocycles. The van der Waals surface area contributed by atoms with Gasteiger partial charge in [0.1, 0.15) is 17.1 Å². The monoisotopic (exact) mass is 523 g/mol. The maximum atomic E-state index is 4.90. The molecule has 0 aliphatic carbocycles. The average Bonchev–Trinajstić information content (AvgIpc) is 3.45. The first kappa shape index (κ1) is 23.6. The van der Waals surface area contributed by atoms with E-state index in [1.807, 2.05) is 0 Å². The molecule has 0 bridgehead atoms. The molecule has 7 aromatic rings. The van der Waals surface area contributed by atoms with Crippen LogP contribution in [-0.4, -0.2) is 6.34 Å². The van der Waals surface area contributed by atoms with Gasteiger partial charge in [-0.3, -0.25) is 0 Å². The predicted molar refractivity (Wildman–Crippen MR) is 174 cm³/mol. The van der Waals surface area contributed by atoms with Crippen LogP contribution in [0.3, 0.4) is 0 Å². The lowest BCUT2D eigenvalue weighted by Gasteiger charge is -2.30. The Morgan fingerprint density at radius 2 is 0.878 bits per heavy atom. The quantitative estimate of drug-likeness (QED) is 0.161. The molecule has 0 fully saturated rings. The number of nitrogens with zero attached hydrogens (tertiary/aromatic N) is 2. The van der Waals surface area contributed by atoms with Gasteiger partial charge >= 0.3 is 0 Å². The molecule has 2 heteroatoms. The molecule has 8 rings (SSSR count). The second-order valence-electron chi connectivity index (χ2n) is 10.5. The largest absolute Gasteiger partial charge is 0.206 e. The fourth-order valence-corrected chi connectivity index (χ4v) is 6.54. The number of hydrogen-bond donors (Lipinski definition) is 0. The lowest BCUT2D eigenvalue weighted by Crippen LogP contribution is -2.35. The van der Waals surface area contributed by atoms with Gasteiger partial charge in [-0.1, -0.05) is 121 Å². The van der Waals surface area contributed by atoms with Crippen LogP contribution in [0.2, 0.25) is 0 Å². The Balaban J connectivity index is 1.44. The fraction of sp³-hybridized carbons (Fsp3) is 0. The van der Waals surface area contributed by atoms with Gasteiger partial charge in [-0.2, -0.15) is 9.48 Å². The first-order valence-corrected chi connectivity index (χ1v) is 14.0. The van der Waals surface area contributed by atoms with Gasteiger partial charge in [-0.15, -0.1) is 0 Å². The Morgan fingerprint density at radius 1 is 0.390 bits per heavy atom. The average molecular weight is 524 g/mol. The van der Waals surface area contributed by atoms with E-state index in [1.165, 1.54) is 43.8 Å². The molecule has 0 radical (unpaired) electrons. The number of benzene rings is 7. The minimum absolute atomic E-state index is 0.447. The first-order chi connectivity index (χ1) is 20.3. The fourth-order valence-electron chi connectivity index (χ4n) is 6.54. The highest BCUT2D eigenvalue weighted by Gasteiger charge is 2.41. The standard InChI is InChI=1S/C39H27N2/c1-3-14-28(15-4-1)38-32-20-7-9-22-34(32)39(35-23-10-8-21-33(35)38)29-16-13-19-31(26-29)41(30-17-5-2-6-18-30)27-40-36-24-11-12-25-37(36)41/h1-27H/q+1. The van der Waals surface area contributed by atoms with Crippen LogP contribution >= 0.6 is 0 Å². The molecule has 41 heavy (non-hydrogen) atoms. The van der Waals surface area contributed by atoms with Crippen molar-refractivity contribution in [2.24, 2.45) is 4.99 Å². The Hall–Kier alpha value is -5.31. The van der Waals surface area contributed by atoms with Crippen LogP contribution in [0.25, 0.3) is 43.8 Å². The van der Waals surface area contributed by atoms with Crippen LogP contribution in [0.1, 0.15) is 0 Å². The highest BCUT2D eigenvalue weighted by molar-refractivity contribution is 6.21. The maximum absolute atomic E-state index is 4.90. The molecule has 1 atom stereocenters. The van der Waals surface area contributed by atoms with Crippen molar-refractivity contribution in [3.8, 4) is 22.3 Å². The Morgan fingerprint density at radius 3 is 1.54 bits per heavy atom. The van der Waals surface area contributed by atoms with E-state index >= 15 is 0 Å². The zero-order valence-corrected chi connectivity index (χ0v) is 22.5. The second kappa shape index (κ2) is 9.41. The van der Waals surface area contributed by atoms with Crippen molar-refractivity contribution in [1.29, 1.82) is 0 Å². The second-order valence-corrected chi connectivity index (χ2v) is 10.5. The highest BCUT2D eigenvalue weighted by Crippen LogP contribution is 2.51. The molecule has 0 spiro atoms. The Kier molecular flexibility index (Phi) is 5.41. The van der Waals surface area contributed by atoms with Crippen molar-refractivity contribution in [1.82, 2.24) is 4.48 Å². The summed E-state index contributed by atoms with van der Waals surface area (Å²) < 4.78 is 0.447. The molecule has 2 nitrogen and oxygen atoms in total. The Bertz CT molecular complexity index is 2040. The molecule has 1 unspecified atom stereocenters. The molecule has 1 heterocycles. The molecule has 0 saturated heterocycles. The molecule has 1 aliphatic heterocycles. The van der Waals surface area contributed by atoms with E-state index in [9.17, 15) is 0 Å². The summed E-state index contributed by atoms with van der Waals surface area (Å²) >= 11 is 0. The van der Waals surface area contributed by atoms with Crippen molar-refractivity contribution < 1.29 is 0 Å². The third kappa shape index (κ3) is 3.58. The lowest BCUT2D eigenvalue weighted by molar-refractivity contribution is 0.787. The minimum atomic E-state index is 0.447. The Labute approximate surface area is 239 Å². The van der Waals surface area contributed by atoms with Gasteiger partial charge < -0.3 is 0 Å². The van der Waals surface area contributed by atoms with Crippen LogP contribution < -0.4 is 4.48 Å². The van der Waals surface area contributed by atoms with Crippen molar-refractivity contribution in [2.45, 2.75) is 0 Å². The summed E-state index contributed by atoms with van der Waals surface area (Å²) in [5.41, 5.74) is 9.45. The van der Waals surface area contributed by atoms with Crippen molar-refractivity contribution >= 4 is 50.6 Å². The molecule has 0 amide bonds. The molecule has 192 valence electrons. The van der Waals surface area contributed by atoms with E-state index in [0.717, 1.165) is 22.7 Å². The number of hydrogen-bond acceptors (Lipinski definition) is 1. The smallest absolute Gasteiger partial charge is 0.196 e. The molecular formula is C39H27N2+. The predicted octanol–water partition coefficient (Wildman–Crippen LogP) is 11.0. The van der Waals surface area contributed by atoms with Gasteiger partial charge in [0.2, 0.25) is 6.34 Å². The third-order valence-electron chi connectivity index (χ3n) is 8.33. The highest BCUT2D eigenvalue weighted by atomic mass is 15.4. The molecule has 0 aromatic heterocycles. The van der Waals surface area contributed by atoms with E-state index in [0.29, 0.717) is 4.48 Å². The van der Waals surface area contributed by atoms with Gasteiger partial charge in [0.05, 0.1) is 0 Å². The van der Waals surface area contributed by atoms with E-state index < -0.39 is 0 Å². The number of aliphatic imine (C=N–C) groups is 1. The van der Waals surface area contributed by atoms with Crippen molar-refractivity contribution in [3.05, 3.63) is 158 Å². The van der Waals surface area contributed by atoms with Gasteiger partial charge in [0.25, 0.3) is 0 Å². The van der Waals surface area contributed by atoms with Crippen LogP contribution in [0.15, 0.2) is 163 Å². The van der Waals surface area contributed by atoms with Gasteiger partial charge in [-0.05, 0) is 49.9 Å². The van der Waals surface area contributed by atoms with Gasteiger partial charge in [0.15, 0.2) is 5.69 Å². The number of fused-ring (bicyclic) bond motifs is 3. The third-order valence-corrected chi connectivity index (χ3v) is 8.33. The van der Waals surface area contributed by atoms with Crippen LogP contribution in [0.4, 0.5) is 22.7 Å². The summed E-state index contributed by atoms with van der Waals surface area (Å²) in [6.07, 6.45) is 2.08. The van der Waals surface area contributed by atoms with Crippen LogP contribution in [0, 0.1) is 0 Å². The molecule has 0 N–H and O–H groups in total. The van der Waals surface area contributed by atoms with E-state index in [-0.39, 0.29) is 0 Å². The summed E-state index contributed by atoms with van der Waals surface area (Å²) in [7, 11) is 0. The normalized spacial score (nSPS) is 15.8. The number of quaternary nitrogens is 1. The van der Waals surface area contributed by atoms with E-state index in [2.05, 4.69) is 164 Å². The summed E-state index contributed by atoms with van der Waals surface area (Å²) in [5.74, 6) is 0. The summed E-state index contributed by atoms with van der Waals surface area (Å²) in [6, 6.07) is 56.6. The summed E-state index contributed by atoms with van der Waals surface area (Å²) in [6.45, 7) is 0. The maximum Gasteiger partial charge on any atom is 0.206 e. The molecular weight excluding hydrogens is 496 g/mol. The molecule has 1 aliphatic rings. The minimum Gasteiger partial charge on any atom is -0.196 e. The zero-order valence-electron chi connectivity index (χ0n) is 22.5. The first-order valence-electron chi connectivity index (χ1n) is 14.0. The number of rotatable bonds is 4. The van der Waals surface area contributed by atoms with Crippen molar-refractivity contribution in [3.63, 3.8) is 0 Å². The topological polar surface area (TPSA) is 12.4 Å². The SMILES string of the molecule is C1=Nc2ccccc2[N+]1(c1ccccc1)c1cccc(-c2c3ccccc3c(-c3ccccc3)c3ccccc23)c1. The van der Waals surface area contributed by atoms with E-state index in [1.54, 1.807) is 0 Å². The van der Waals surface area contributed by atoms with Gasteiger partial charge in [0, 0.05) is 30.3 Å². The van der Waals surface area contributed by atoms with Crippen LogP contribution in [0.5, 0.6) is 0 Å². The lowest BCUT2D eigenvalue weighted by atomic mass is 9.86.